The number of hydrogen-bond donors (Lipinski definition) is 1. The van der Waals surface area contributed by atoms with Gasteiger partial charge in [-0.2, -0.15) is 0 Å². The van der Waals surface area contributed by atoms with E-state index in [0.29, 0.717) is 6.04 Å². The first kappa shape index (κ1) is 10.8. The zero-order valence-corrected chi connectivity index (χ0v) is 9.88. The molecule has 1 heterocycles. The molecule has 2 rings (SSSR count). The molecule has 0 aromatic carbocycles. The third kappa shape index (κ3) is 2.27. The second kappa shape index (κ2) is 4.03. The number of nitrogens with zero attached hydrogens (tertiary/aromatic N) is 1. The number of carbonyl (C=O) groups is 1. The second-order valence-corrected chi connectivity index (χ2v) is 5.50. The van der Waals surface area contributed by atoms with E-state index in [2.05, 4.69) is 19.2 Å². The first-order chi connectivity index (χ1) is 7.09. The molecule has 2 fully saturated rings. The molecule has 0 spiro atoms. The molecule has 2 amide bonds. The average molecular weight is 210 g/mol. The smallest absolute Gasteiger partial charge is 0.318 e. The van der Waals surface area contributed by atoms with Crippen LogP contribution in [-0.4, -0.2) is 29.1 Å². The highest BCUT2D eigenvalue weighted by molar-refractivity contribution is 5.75. The van der Waals surface area contributed by atoms with Crippen LogP contribution in [0.2, 0.25) is 0 Å². The summed E-state index contributed by atoms with van der Waals surface area (Å²) in [5.41, 5.74) is 0.0582. The SMILES string of the molecule is CC1(C)CCCN1C(=O)NC1CCCC1. The summed E-state index contributed by atoms with van der Waals surface area (Å²) >= 11 is 0. The van der Waals surface area contributed by atoms with E-state index in [1.807, 2.05) is 4.90 Å². The number of nitrogens with one attached hydrogen (secondary N) is 1. The molecule has 0 aromatic rings. The van der Waals surface area contributed by atoms with Crippen molar-refractivity contribution >= 4 is 6.03 Å². The standard InChI is InChI=1S/C12H22N2O/c1-12(2)8-5-9-14(12)11(15)13-10-6-3-4-7-10/h10H,3-9H2,1-2H3,(H,13,15). The lowest BCUT2D eigenvalue weighted by molar-refractivity contribution is 0.162. The molecule has 1 aliphatic heterocycles. The van der Waals surface area contributed by atoms with E-state index in [4.69, 9.17) is 0 Å². The zero-order valence-electron chi connectivity index (χ0n) is 9.88. The van der Waals surface area contributed by atoms with Gasteiger partial charge in [-0.05, 0) is 39.5 Å². The minimum absolute atomic E-state index is 0.0582. The predicted octanol–water partition coefficient (Wildman–Crippen LogP) is 2.51. The van der Waals surface area contributed by atoms with Crippen molar-refractivity contribution in [2.24, 2.45) is 0 Å². The molecule has 1 saturated heterocycles. The van der Waals surface area contributed by atoms with Crippen molar-refractivity contribution in [2.75, 3.05) is 6.54 Å². The molecule has 2 aliphatic rings. The summed E-state index contributed by atoms with van der Waals surface area (Å²) in [5.74, 6) is 0. The summed E-state index contributed by atoms with van der Waals surface area (Å²) in [6.07, 6.45) is 7.15. The van der Waals surface area contributed by atoms with Crippen LogP contribution >= 0.6 is 0 Å². The van der Waals surface area contributed by atoms with Gasteiger partial charge in [-0.25, -0.2) is 4.79 Å². The van der Waals surface area contributed by atoms with Crippen LogP contribution in [0.4, 0.5) is 4.79 Å². The van der Waals surface area contributed by atoms with Crippen LogP contribution in [0.1, 0.15) is 52.4 Å². The monoisotopic (exact) mass is 210 g/mol. The number of carbonyl (C=O) groups excluding carboxylic acids is 1. The van der Waals surface area contributed by atoms with Crippen LogP contribution in [0.25, 0.3) is 0 Å². The molecule has 1 saturated carbocycles. The topological polar surface area (TPSA) is 32.3 Å². The molecule has 1 aliphatic carbocycles. The van der Waals surface area contributed by atoms with E-state index >= 15 is 0 Å². The van der Waals surface area contributed by atoms with E-state index in [-0.39, 0.29) is 11.6 Å². The molecule has 3 nitrogen and oxygen atoms in total. The van der Waals surface area contributed by atoms with E-state index < -0.39 is 0 Å². The number of amides is 2. The molecule has 0 unspecified atom stereocenters. The van der Waals surface area contributed by atoms with Crippen molar-refractivity contribution in [3.63, 3.8) is 0 Å². The molecule has 86 valence electrons. The molecular formula is C12H22N2O. The molecular weight excluding hydrogens is 188 g/mol. The van der Waals surface area contributed by atoms with Crippen molar-refractivity contribution in [3.05, 3.63) is 0 Å². The Bertz CT molecular complexity index is 244. The quantitative estimate of drug-likeness (QED) is 0.708. The van der Waals surface area contributed by atoms with Crippen LogP contribution in [0.3, 0.4) is 0 Å². The summed E-state index contributed by atoms with van der Waals surface area (Å²) in [4.78, 5) is 14.0. The minimum Gasteiger partial charge on any atom is -0.335 e. The van der Waals surface area contributed by atoms with Crippen molar-refractivity contribution in [1.82, 2.24) is 10.2 Å². The number of likely N-dealkylation sites (tertiary alicyclic amines) is 1. The lowest BCUT2D eigenvalue weighted by Crippen LogP contribution is -2.50. The fraction of sp³-hybridized carbons (Fsp3) is 0.917. The van der Waals surface area contributed by atoms with Crippen LogP contribution < -0.4 is 5.32 Å². The van der Waals surface area contributed by atoms with Gasteiger partial charge in [0.05, 0.1) is 0 Å². The van der Waals surface area contributed by atoms with E-state index in [0.717, 1.165) is 19.4 Å². The maximum Gasteiger partial charge on any atom is 0.318 e. The largest absolute Gasteiger partial charge is 0.335 e. The van der Waals surface area contributed by atoms with Gasteiger partial charge in [-0.15, -0.1) is 0 Å². The number of urea groups is 1. The second-order valence-electron chi connectivity index (χ2n) is 5.50. The molecule has 0 aromatic heterocycles. The summed E-state index contributed by atoms with van der Waals surface area (Å²) < 4.78 is 0. The van der Waals surface area contributed by atoms with Gasteiger partial charge in [0.15, 0.2) is 0 Å². The molecule has 0 bridgehead atoms. The van der Waals surface area contributed by atoms with Crippen molar-refractivity contribution < 1.29 is 4.79 Å². The Hall–Kier alpha value is -0.730. The van der Waals surface area contributed by atoms with Gasteiger partial charge in [-0.3, -0.25) is 0 Å². The van der Waals surface area contributed by atoms with Crippen molar-refractivity contribution in [3.8, 4) is 0 Å². The lowest BCUT2D eigenvalue weighted by Gasteiger charge is -2.32. The lowest BCUT2D eigenvalue weighted by atomic mass is 10.0. The molecule has 0 atom stereocenters. The normalized spacial score (nSPS) is 25.9. The third-order valence-electron chi connectivity index (χ3n) is 3.83. The Labute approximate surface area is 92.2 Å². The van der Waals surface area contributed by atoms with Gasteiger partial charge in [0.1, 0.15) is 0 Å². The highest BCUT2D eigenvalue weighted by Crippen LogP contribution is 2.28. The molecule has 3 heteroatoms. The Kier molecular flexibility index (Phi) is 2.89. The van der Waals surface area contributed by atoms with Crippen LogP contribution in [0, 0.1) is 0 Å². The van der Waals surface area contributed by atoms with E-state index in [9.17, 15) is 4.79 Å². The van der Waals surface area contributed by atoms with Crippen LogP contribution in [0.15, 0.2) is 0 Å². The van der Waals surface area contributed by atoms with Crippen LogP contribution in [-0.2, 0) is 0 Å². The fourth-order valence-electron chi connectivity index (χ4n) is 2.81. The zero-order chi connectivity index (χ0) is 10.9. The van der Waals surface area contributed by atoms with Crippen molar-refractivity contribution in [1.29, 1.82) is 0 Å². The maximum absolute atomic E-state index is 12.0. The number of hydrogen-bond acceptors (Lipinski definition) is 1. The third-order valence-corrected chi connectivity index (χ3v) is 3.83. The number of rotatable bonds is 1. The summed E-state index contributed by atoms with van der Waals surface area (Å²) in [7, 11) is 0. The summed E-state index contributed by atoms with van der Waals surface area (Å²) in [6.45, 7) is 5.24. The van der Waals surface area contributed by atoms with Gasteiger partial charge < -0.3 is 10.2 Å². The van der Waals surface area contributed by atoms with Crippen molar-refractivity contribution in [2.45, 2.75) is 64.0 Å². The molecule has 15 heavy (non-hydrogen) atoms. The maximum atomic E-state index is 12.0. The first-order valence-corrected chi connectivity index (χ1v) is 6.18. The Morgan fingerprint density at radius 2 is 1.93 bits per heavy atom. The first-order valence-electron chi connectivity index (χ1n) is 6.18. The fourth-order valence-corrected chi connectivity index (χ4v) is 2.81. The average Bonchev–Trinajstić information content (AvgIpc) is 2.73. The van der Waals surface area contributed by atoms with Gasteiger partial charge in [0, 0.05) is 18.1 Å². The highest BCUT2D eigenvalue weighted by Gasteiger charge is 2.36. The van der Waals surface area contributed by atoms with Crippen LogP contribution in [0.5, 0.6) is 0 Å². The highest BCUT2D eigenvalue weighted by atomic mass is 16.2. The van der Waals surface area contributed by atoms with E-state index in [1.165, 1.54) is 25.7 Å². The van der Waals surface area contributed by atoms with Gasteiger partial charge >= 0.3 is 6.03 Å². The molecule has 0 radical (unpaired) electrons. The Morgan fingerprint density at radius 3 is 2.47 bits per heavy atom. The molecule has 1 N–H and O–H groups in total. The van der Waals surface area contributed by atoms with E-state index in [1.54, 1.807) is 0 Å². The Balaban J connectivity index is 1.89. The Morgan fingerprint density at radius 1 is 1.27 bits per heavy atom. The van der Waals surface area contributed by atoms with Gasteiger partial charge in [-0.1, -0.05) is 12.8 Å². The van der Waals surface area contributed by atoms with Gasteiger partial charge in [0.2, 0.25) is 0 Å². The minimum atomic E-state index is 0.0582. The van der Waals surface area contributed by atoms with Gasteiger partial charge in [0.25, 0.3) is 0 Å². The summed E-state index contributed by atoms with van der Waals surface area (Å²) in [5, 5.41) is 3.16. The summed E-state index contributed by atoms with van der Waals surface area (Å²) in [6, 6.07) is 0.596. The predicted molar refractivity (Wildman–Crippen MR) is 60.8 cm³/mol.